The Morgan fingerprint density at radius 2 is 2.00 bits per heavy atom. The zero-order valence-corrected chi connectivity index (χ0v) is 8.83. The number of piperazine rings is 1. The van der Waals surface area contributed by atoms with Gasteiger partial charge >= 0.3 is 0 Å². The van der Waals surface area contributed by atoms with E-state index in [1.165, 1.54) is 11.3 Å². The molecule has 0 N–H and O–H groups in total. The number of hydrogen-bond acceptors (Lipinski definition) is 6. The average molecular weight is 212 g/mol. The molecule has 0 aromatic carbocycles. The van der Waals surface area contributed by atoms with Gasteiger partial charge in [0, 0.05) is 26.2 Å². The van der Waals surface area contributed by atoms with Gasteiger partial charge in [0.05, 0.1) is 0 Å². The van der Waals surface area contributed by atoms with Gasteiger partial charge in [-0.2, -0.15) is 0 Å². The lowest BCUT2D eigenvalue weighted by Gasteiger charge is -2.31. The molecule has 0 amide bonds. The number of carbonyl (C=O) groups excluding carboxylic acids is 1. The zero-order chi connectivity index (χ0) is 9.97. The summed E-state index contributed by atoms with van der Waals surface area (Å²) in [7, 11) is 2.11. The standard InChI is InChI=1S/C8H12N4OS/c1-11-2-4-12(5-3-11)8-10-9-7(6-13)14-8/h6H,2-5H2,1H3. The van der Waals surface area contributed by atoms with E-state index in [2.05, 4.69) is 27.0 Å². The average Bonchev–Trinajstić information content (AvgIpc) is 2.67. The van der Waals surface area contributed by atoms with Crippen LogP contribution in [0, 0.1) is 0 Å². The van der Waals surface area contributed by atoms with Crippen molar-refractivity contribution in [3.63, 3.8) is 0 Å². The van der Waals surface area contributed by atoms with Gasteiger partial charge in [0.15, 0.2) is 11.3 Å². The summed E-state index contributed by atoms with van der Waals surface area (Å²) in [6.45, 7) is 4.00. The van der Waals surface area contributed by atoms with Gasteiger partial charge in [0.1, 0.15) is 0 Å². The molecule has 0 spiro atoms. The van der Waals surface area contributed by atoms with Crippen LogP contribution in [0.2, 0.25) is 0 Å². The van der Waals surface area contributed by atoms with Gasteiger partial charge in [-0.05, 0) is 7.05 Å². The van der Waals surface area contributed by atoms with E-state index in [1.807, 2.05) is 0 Å². The van der Waals surface area contributed by atoms with Crippen molar-refractivity contribution in [3.05, 3.63) is 5.01 Å². The number of anilines is 1. The Kier molecular flexibility index (Phi) is 2.74. The fourth-order valence-electron chi connectivity index (χ4n) is 1.40. The lowest BCUT2D eigenvalue weighted by molar-refractivity contribution is 0.112. The van der Waals surface area contributed by atoms with Crippen LogP contribution in [0.1, 0.15) is 9.80 Å². The molecule has 76 valence electrons. The van der Waals surface area contributed by atoms with Crippen molar-refractivity contribution in [2.75, 3.05) is 38.1 Å². The predicted octanol–water partition coefficient (Wildman–Crippen LogP) is 0.102. The highest BCUT2D eigenvalue weighted by Crippen LogP contribution is 2.19. The number of likely N-dealkylation sites (N-methyl/N-ethyl adjacent to an activating group) is 1. The van der Waals surface area contributed by atoms with Gasteiger partial charge in [-0.15, -0.1) is 10.2 Å². The van der Waals surface area contributed by atoms with Crippen LogP contribution in [0.3, 0.4) is 0 Å². The van der Waals surface area contributed by atoms with Gasteiger partial charge < -0.3 is 9.80 Å². The summed E-state index contributed by atoms with van der Waals surface area (Å²) < 4.78 is 0. The van der Waals surface area contributed by atoms with Crippen molar-refractivity contribution >= 4 is 22.8 Å². The molecule has 5 nitrogen and oxygen atoms in total. The van der Waals surface area contributed by atoms with Crippen molar-refractivity contribution in [1.29, 1.82) is 0 Å². The number of rotatable bonds is 2. The molecule has 1 aromatic rings. The minimum Gasteiger partial charge on any atom is -0.344 e. The predicted molar refractivity (Wildman–Crippen MR) is 55.0 cm³/mol. The molecule has 14 heavy (non-hydrogen) atoms. The first-order chi connectivity index (χ1) is 6.79. The first-order valence-corrected chi connectivity index (χ1v) is 5.33. The highest BCUT2D eigenvalue weighted by atomic mass is 32.1. The third-order valence-corrected chi connectivity index (χ3v) is 3.21. The second kappa shape index (κ2) is 4.02. The molecule has 0 aliphatic carbocycles. The summed E-state index contributed by atoms with van der Waals surface area (Å²) in [5.41, 5.74) is 0. The summed E-state index contributed by atoms with van der Waals surface area (Å²) in [5, 5.41) is 9.07. The molecule has 0 bridgehead atoms. The van der Waals surface area contributed by atoms with E-state index in [0.717, 1.165) is 37.6 Å². The monoisotopic (exact) mass is 212 g/mol. The zero-order valence-electron chi connectivity index (χ0n) is 8.01. The summed E-state index contributed by atoms with van der Waals surface area (Å²) in [5.74, 6) is 0. The first kappa shape index (κ1) is 9.54. The van der Waals surface area contributed by atoms with Gasteiger partial charge in [0.25, 0.3) is 0 Å². The van der Waals surface area contributed by atoms with E-state index in [9.17, 15) is 4.79 Å². The lowest BCUT2D eigenvalue weighted by Crippen LogP contribution is -2.44. The van der Waals surface area contributed by atoms with E-state index in [1.54, 1.807) is 0 Å². The van der Waals surface area contributed by atoms with Crippen molar-refractivity contribution in [1.82, 2.24) is 15.1 Å². The topological polar surface area (TPSA) is 49.3 Å². The minimum absolute atomic E-state index is 0.457. The summed E-state index contributed by atoms with van der Waals surface area (Å²) >= 11 is 1.36. The van der Waals surface area contributed by atoms with E-state index >= 15 is 0 Å². The number of nitrogens with zero attached hydrogens (tertiary/aromatic N) is 4. The summed E-state index contributed by atoms with van der Waals surface area (Å²) in [6.07, 6.45) is 0.747. The van der Waals surface area contributed by atoms with Crippen LogP contribution in [-0.4, -0.2) is 54.6 Å². The van der Waals surface area contributed by atoms with Crippen LogP contribution in [0.5, 0.6) is 0 Å². The molecule has 1 aliphatic rings. The first-order valence-electron chi connectivity index (χ1n) is 4.52. The maximum absolute atomic E-state index is 10.4. The summed E-state index contributed by atoms with van der Waals surface area (Å²) in [6, 6.07) is 0. The number of aldehydes is 1. The third-order valence-electron chi connectivity index (χ3n) is 2.30. The van der Waals surface area contributed by atoms with E-state index in [0.29, 0.717) is 5.01 Å². The molecule has 1 saturated heterocycles. The molecular weight excluding hydrogens is 200 g/mol. The maximum Gasteiger partial charge on any atom is 0.208 e. The van der Waals surface area contributed by atoms with Crippen LogP contribution in [0.4, 0.5) is 5.13 Å². The second-order valence-electron chi connectivity index (χ2n) is 3.33. The maximum atomic E-state index is 10.4. The lowest BCUT2D eigenvalue weighted by atomic mass is 10.3. The van der Waals surface area contributed by atoms with Crippen molar-refractivity contribution in [2.45, 2.75) is 0 Å². The fraction of sp³-hybridized carbons (Fsp3) is 0.625. The van der Waals surface area contributed by atoms with Gasteiger partial charge in [-0.1, -0.05) is 11.3 Å². The van der Waals surface area contributed by atoms with Crippen LogP contribution in [-0.2, 0) is 0 Å². The Morgan fingerprint density at radius 3 is 2.57 bits per heavy atom. The molecule has 0 saturated carbocycles. The van der Waals surface area contributed by atoms with Crippen LogP contribution < -0.4 is 4.90 Å². The largest absolute Gasteiger partial charge is 0.344 e. The van der Waals surface area contributed by atoms with Crippen molar-refractivity contribution < 1.29 is 4.79 Å². The Balaban J connectivity index is 2.04. The molecule has 0 atom stereocenters. The minimum atomic E-state index is 0.457. The highest BCUT2D eigenvalue weighted by molar-refractivity contribution is 7.16. The van der Waals surface area contributed by atoms with E-state index < -0.39 is 0 Å². The Morgan fingerprint density at radius 1 is 1.29 bits per heavy atom. The van der Waals surface area contributed by atoms with Gasteiger partial charge in [-0.25, -0.2) is 0 Å². The smallest absolute Gasteiger partial charge is 0.208 e. The third kappa shape index (κ3) is 1.91. The molecule has 0 unspecified atom stereocenters. The molecule has 1 fully saturated rings. The Hall–Kier alpha value is -1.01. The van der Waals surface area contributed by atoms with Gasteiger partial charge in [-0.3, -0.25) is 4.79 Å². The number of aromatic nitrogens is 2. The molecular formula is C8H12N4OS. The van der Waals surface area contributed by atoms with Gasteiger partial charge in [0.2, 0.25) is 5.13 Å². The van der Waals surface area contributed by atoms with Crippen LogP contribution in [0.15, 0.2) is 0 Å². The molecule has 6 heteroatoms. The van der Waals surface area contributed by atoms with Crippen LogP contribution in [0.25, 0.3) is 0 Å². The molecule has 1 aliphatic heterocycles. The van der Waals surface area contributed by atoms with Crippen molar-refractivity contribution in [3.8, 4) is 0 Å². The van der Waals surface area contributed by atoms with Crippen molar-refractivity contribution in [2.24, 2.45) is 0 Å². The molecule has 2 heterocycles. The second-order valence-corrected chi connectivity index (χ2v) is 4.32. The summed E-state index contributed by atoms with van der Waals surface area (Å²) in [4.78, 5) is 14.9. The molecule has 0 radical (unpaired) electrons. The SMILES string of the molecule is CN1CCN(c2nnc(C=O)s2)CC1. The number of carbonyl (C=O) groups is 1. The quantitative estimate of drug-likeness (QED) is 0.651. The Labute approximate surface area is 86.3 Å². The fourth-order valence-corrected chi connectivity index (χ4v) is 2.11. The highest BCUT2D eigenvalue weighted by Gasteiger charge is 2.17. The van der Waals surface area contributed by atoms with Crippen LogP contribution >= 0.6 is 11.3 Å². The van der Waals surface area contributed by atoms with E-state index in [-0.39, 0.29) is 0 Å². The Bertz CT molecular complexity index is 319. The normalized spacial score (nSPS) is 18.5. The number of hydrogen-bond donors (Lipinski definition) is 0. The van der Waals surface area contributed by atoms with E-state index in [4.69, 9.17) is 0 Å². The molecule has 2 rings (SSSR count). The molecule has 1 aromatic heterocycles.